The molecule has 0 unspecified atom stereocenters. The van der Waals surface area contributed by atoms with Gasteiger partial charge in [0.2, 0.25) is 5.91 Å². The van der Waals surface area contributed by atoms with Crippen molar-refractivity contribution in [2.75, 3.05) is 23.9 Å². The molecule has 1 N–H and O–H groups in total. The Kier molecular flexibility index (Phi) is 5.22. The Hall–Kier alpha value is -1.56. The number of benzene rings is 1. The summed E-state index contributed by atoms with van der Waals surface area (Å²) in [6, 6.07) is 5.80. The number of rotatable bonds is 7. The molecule has 1 saturated carbocycles. The first kappa shape index (κ1) is 15.8. The largest absolute Gasteiger partial charge is 0.469 e. The molecule has 0 heterocycles. The molecule has 1 aliphatic rings. The van der Waals surface area contributed by atoms with Crippen LogP contribution in [-0.4, -0.2) is 30.5 Å². The number of esters is 1. The van der Waals surface area contributed by atoms with E-state index < -0.39 is 0 Å². The van der Waals surface area contributed by atoms with Crippen LogP contribution < -0.4 is 5.32 Å². The molecule has 1 fully saturated rings. The fraction of sp³-hybridized carbons (Fsp3) is 0.467. The first-order valence-corrected chi connectivity index (χ1v) is 7.88. The highest BCUT2D eigenvalue weighted by Crippen LogP contribution is 2.51. The average Bonchev–Trinajstić information content (AvgIpc) is 3.18. The normalized spacial score (nSPS) is 15.3. The van der Waals surface area contributed by atoms with Gasteiger partial charge in [0.25, 0.3) is 0 Å². The molecule has 0 bridgehead atoms. The standard InChI is InChI=1S/C15H18FNO3S/c1-20-14(19)8-15(5-6-15)10-21-9-13(18)17-12-4-2-3-11(16)7-12/h2-4,7H,5-6,8-10H2,1H3,(H,17,18). The van der Waals surface area contributed by atoms with Crippen molar-refractivity contribution < 1.29 is 18.7 Å². The lowest BCUT2D eigenvalue weighted by molar-refractivity contribution is -0.141. The second kappa shape index (κ2) is 6.93. The van der Waals surface area contributed by atoms with Gasteiger partial charge in [-0.3, -0.25) is 9.59 Å². The summed E-state index contributed by atoms with van der Waals surface area (Å²) in [6.07, 6.45) is 2.42. The summed E-state index contributed by atoms with van der Waals surface area (Å²) in [4.78, 5) is 23.1. The van der Waals surface area contributed by atoms with E-state index in [-0.39, 0.29) is 23.1 Å². The molecule has 6 heteroatoms. The molecule has 1 aromatic carbocycles. The third-order valence-electron chi connectivity index (χ3n) is 3.45. The molecule has 2 rings (SSSR count). The molecule has 1 aliphatic carbocycles. The molecule has 0 saturated heterocycles. The quantitative estimate of drug-likeness (QED) is 0.787. The lowest BCUT2D eigenvalue weighted by atomic mass is 10.1. The number of methoxy groups -OCH3 is 1. The number of hydrogen-bond acceptors (Lipinski definition) is 4. The molecule has 0 aromatic heterocycles. The highest BCUT2D eigenvalue weighted by molar-refractivity contribution is 8.00. The SMILES string of the molecule is COC(=O)CC1(CSCC(=O)Nc2cccc(F)c2)CC1. The first-order chi connectivity index (χ1) is 10.0. The molecule has 0 atom stereocenters. The number of halogens is 1. The number of carbonyl (C=O) groups is 2. The zero-order valence-corrected chi connectivity index (χ0v) is 12.7. The predicted octanol–water partition coefficient (Wildman–Crippen LogP) is 2.84. The van der Waals surface area contributed by atoms with Crippen molar-refractivity contribution >= 4 is 29.3 Å². The number of carbonyl (C=O) groups excluding carboxylic acids is 2. The summed E-state index contributed by atoms with van der Waals surface area (Å²) < 4.78 is 17.7. The Balaban J connectivity index is 1.71. The zero-order valence-electron chi connectivity index (χ0n) is 11.9. The minimum absolute atomic E-state index is 0.0108. The molecule has 0 radical (unpaired) electrons. The van der Waals surface area contributed by atoms with Crippen molar-refractivity contribution in [3.05, 3.63) is 30.1 Å². The minimum Gasteiger partial charge on any atom is -0.469 e. The van der Waals surface area contributed by atoms with Gasteiger partial charge in [0.15, 0.2) is 0 Å². The van der Waals surface area contributed by atoms with Crippen LogP contribution in [0.1, 0.15) is 19.3 Å². The Labute approximate surface area is 127 Å². The van der Waals surface area contributed by atoms with Gasteiger partial charge in [-0.05, 0) is 42.2 Å². The first-order valence-electron chi connectivity index (χ1n) is 6.73. The fourth-order valence-corrected chi connectivity index (χ4v) is 3.23. The van der Waals surface area contributed by atoms with Gasteiger partial charge in [-0.2, -0.15) is 11.8 Å². The van der Waals surface area contributed by atoms with Gasteiger partial charge in [0.1, 0.15) is 5.82 Å². The Bertz CT molecular complexity index is 531. The third kappa shape index (κ3) is 5.04. The van der Waals surface area contributed by atoms with Crippen LogP contribution in [-0.2, 0) is 14.3 Å². The lowest BCUT2D eigenvalue weighted by Gasteiger charge is -2.12. The van der Waals surface area contributed by atoms with E-state index in [9.17, 15) is 14.0 Å². The molecular weight excluding hydrogens is 293 g/mol. The van der Waals surface area contributed by atoms with Crippen LogP contribution >= 0.6 is 11.8 Å². The molecule has 1 aromatic rings. The van der Waals surface area contributed by atoms with E-state index in [1.807, 2.05) is 0 Å². The third-order valence-corrected chi connectivity index (χ3v) is 4.74. The molecular formula is C15H18FNO3S. The van der Waals surface area contributed by atoms with Gasteiger partial charge in [-0.15, -0.1) is 0 Å². The predicted molar refractivity (Wildman–Crippen MR) is 80.7 cm³/mol. The smallest absolute Gasteiger partial charge is 0.306 e. The van der Waals surface area contributed by atoms with Crippen molar-refractivity contribution in [2.45, 2.75) is 19.3 Å². The summed E-state index contributed by atoms with van der Waals surface area (Å²) in [5.41, 5.74) is 0.466. The van der Waals surface area contributed by atoms with E-state index in [1.165, 1.54) is 31.0 Å². The number of thioether (sulfide) groups is 1. The van der Waals surface area contributed by atoms with Gasteiger partial charge in [-0.25, -0.2) is 4.39 Å². The van der Waals surface area contributed by atoms with E-state index in [0.717, 1.165) is 18.6 Å². The topological polar surface area (TPSA) is 55.4 Å². The van der Waals surface area contributed by atoms with Crippen molar-refractivity contribution in [3.63, 3.8) is 0 Å². The molecule has 114 valence electrons. The van der Waals surface area contributed by atoms with Crippen LogP contribution in [0.2, 0.25) is 0 Å². The summed E-state index contributed by atoms with van der Waals surface area (Å²) in [7, 11) is 1.39. The number of nitrogens with one attached hydrogen (secondary N) is 1. The maximum atomic E-state index is 13.0. The van der Waals surface area contributed by atoms with Crippen LogP contribution in [0.3, 0.4) is 0 Å². The summed E-state index contributed by atoms with van der Waals surface area (Å²) in [5.74, 6) is 0.310. The molecule has 4 nitrogen and oxygen atoms in total. The molecule has 1 amide bonds. The second-order valence-electron chi connectivity index (χ2n) is 5.30. The average molecular weight is 311 g/mol. The fourth-order valence-electron chi connectivity index (χ4n) is 2.05. The molecule has 21 heavy (non-hydrogen) atoms. The summed E-state index contributed by atoms with van der Waals surface area (Å²) in [5, 5.41) is 2.65. The van der Waals surface area contributed by atoms with E-state index in [4.69, 9.17) is 0 Å². The van der Waals surface area contributed by atoms with Crippen molar-refractivity contribution in [1.82, 2.24) is 0 Å². The lowest BCUT2D eigenvalue weighted by Crippen LogP contribution is -2.17. The van der Waals surface area contributed by atoms with Crippen molar-refractivity contribution in [2.24, 2.45) is 5.41 Å². The van der Waals surface area contributed by atoms with Crippen molar-refractivity contribution in [3.8, 4) is 0 Å². The monoisotopic (exact) mass is 311 g/mol. The van der Waals surface area contributed by atoms with Gasteiger partial charge in [-0.1, -0.05) is 6.07 Å². The van der Waals surface area contributed by atoms with Gasteiger partial charge in [0.05, 0.1) is 19.3 Å². The van der Waals surface area contributed by atoms with Crippen LogP contribution in [0, 0.1) is 11.2 Å². The number of ether oxygens (including phenoxy) is 1. The van der Waals surface area contributed by atoms with Crippen LogP contribution in [0.5, 0.6) is 0 Å². The Morgan fingerprint density at radius 3 is 2.81 bits per heavy atom. The Morgan fingerprint density at radius 1 is 1.43 bits per heavy atom. The number of amides is 1. The Morgan fingerprint density at radius 2 is 2.19 bits per heavy atom. The van der Waals surface area contributed by atoms with Crippen LogP contribution in [0.15, 0.2) is 24.3 Å². The highest BCUT2D eigenvalue weighted by Gasteiger charge is 2.44. The molecule has 0 aliphatic heterocycles. The van der Waals surface area contributed by atoms with Crippen LogP contribution in [0.25, 0.3) is 0 Å². The highest BCUT2D eigenvalue weighted by atomic mass is 32.2. The van der Waals surface area contributed by atoms with Crippen LogP contribution in [0.4, 0.5) is 10.1 Å². The zero-order chi connectivity index (χ0) is 15.3. The van der Waals surface area contributed by atoms with Crippen molar-refractivity contribution in [1.29, 1.82) is 0 Å². The second-order valence-corrected chi connectivity index (χ2v) is 6.29. The summed E-state index contributed by atoms with van der Waals surface area (Å²) >= 11 is 1.49. The van der Waals surface area contributed by atoms with E-state index in [1.54, 1.807) is 12.1 Å². The van der Waals surface area contributed by atoms with Gasteiger partial charge >= 0.3 is 5.97 Å². The number of anilines is 1. The number of hydrogen-bond donors (Lipinski definition) is 1. The summed E-state index contributed by atoms with van der Waals surface area (Å²) in [6.45, 7) is 0. The van der Waals surface area contributed by atoms with E-state index in [2.05, 4.69) is 10.1 Å². The maximum absolute atomic E-state index is 13.0. The minimum atomic E-state index is -0.379. The van der Waals surface area contributed by atoms with Gasteiger partial charge < -0.3 is 10.1 Å². The maximum Gasteiger partial charge on any atom is 0.306 e. The molecule has 0 spiro atoms. The van der Waals surface area contributed by atoms with E-state index in [0.29, 0.717) is 17.9 Å². The van der Waals surface area contributed by atoms with E-state index >= 15 is 0 Å². The van der Waals surface area contributed by atoms with Gasteiger partial charge in [0, 0.05) is 5.69 Å².